The largest absolute Gasteiger partial charge is 0.324 e. The van der Waals surface area contributed by atoms with Gasteiger partial charge in [0, 0.05) is 6.04 Å². The second-order valence-corrected chi connectivity index (χ2v) is 5.11. The second-order valence-electron chi connectivity index (χ2n) is 5.11. The lowest BCUT2D eigenvalue weighted by atomic mass is 9.85. The molecule has 0 fully saturated rings. The summed E-state index contributed by atoms with van der Waals surface area (Å²) < 4.78 is 0. The summed E-state index contributed by atoms with van der Waals surface area (Å²) in [5.74, 6) is 0. The van der Waals surface area contributed by atoms with Gasteiger partial charge in [0.25, 0.3) is 0 Å². The maximum atomic E-state index is 5.87. The number of benzene rings is 1. The van der Waals surface area contributed by atoms with Gasteiger partial charge in [0.15, 0.2) is 0 Å². The van der Waals surface area contributed by atoms with E-state index in [1.54, 1.807) is 0 Å². The molecule has 0 heterocycles. The van der Waals surface area contributed by atoms with Crippen molar-refractivity contribution in [3.8, 4) is 0 Å². The smallest absolute Gasteiger partial charge is 0.0268 e. The zero-order valence-corrected chi connectivity index (χ0v) is 9.89. The molecule has 1 atom stereocenters. The summed E-state index contributed by atoms with van der Waals surface area (Å²) >= 11 is 0. The quantitative estimate of drug-likeness (QED) is 0.724. The van der Waals surface area contributed by atoms with Gasteiger partial charge in [0.05, 0.1) is 0 Å². The molecule has 1 aromatic carbocycles. The van der Waals surface area contributed by atoms with Crippen LogP contribution in [0.4, 0.5) is 0 Å². The molecule has 1 nitrogen and oxygen atoms in total. The number of rotatable bonds is 1. The molecule has 0 radical (unpaired) electrons. The van der Waals surface area contributed by atoms with Gasteiger partial charge in [0.2, 0.25) is 0 Å². The van der Waals surface area contributed by atoms with Gasteiger partial charge in [-0.05, 0) is 36.0 Å². The number of nitrogens with two attached hydrogens (primary N) is 1. The average Bonchev–Trinajstić information content (AvgIpc) is 2.01. The van der Waals surface area contributed by atoms with Gasteiger partial charge in [-0.1, -0.05) is 39.0 Å². The van der Waals surface area contributed by atoms with Crippen molar-refractivity contribution in [2.75, 3.05) is 0 Å². The molecule has 78 valence electrons. The average molecular weight is 191 g/mol. The molecule has 0 aliphatic rings. The summed E-state index contributed by atoms with van der Waals surface area (Å²) in [7, 11) is 0. The Hall–Kier alpha value is -0.820. The molecule has 0 saturated heterocycles. The topological polar surface area (TPSA) is 26.0 Å². The lowest BCUT2D eigenvalue weighted by Gasteiger charge is -2.21. The maximum absolute atomic E-state index is 5.87. The van der Waals surface area contributed by atoms with Crippen molar-refractivity contribution in [1.29, 1.82) is 0 Å². The van der Waals surface area contributed by atoms with E-state index < -0.39 is 0 Å². The summed E-state index contributed by atoms with van der Waals surface area (Å²) in [6, 6.07) is 6.72. The van der Waals surface area contributed by atoms with Crippen LogP contribution in [0.3, 0.4) is 0 Å². The summed E-state index contributed by atoms with van der Waals surface area (Å²) in [6.45, 7) is 10.8. The van der Waals surface area contributed by atoms with Gasteiger partial charge in [-0.25, -0.2) is 0 Å². The predicted octanol–water partition coefficient (Wildman–Crippen LogP) is 3.31. The fraction of sp³-hybridized carbons (Fsp3) is 0.538. The summed E-state index contributed by atoms with van der Waals surface area (Å²) in [5, 5.41) is 0. The van der Waals surface area contributed by atoms with Crippen molar-refractivity contribution in [2.24, 2.45) is 5.73 Å². The number of hydrogen-bond acceptors (Lipinski definition) is 1. The highest BCUT2D eigenvalue weighted by Gasteiger charge is 2.14. The van der Waals surface area contributed by atoms with Crippen LogP contribution in [0.1, 0.15) is 50.4 Å². The number of aryl methyl sites for hydroxylation is 1. The monoisotopic (exact) mass is 191 g/mol. The zero-order chi connectivity index (χ0) is 10.9. The highest BCUT2D eigenvalue weighted by molar-refractivity contribution is 5.35. The molecule has 0 aromatic heterocycles. The van der Waals surface area contributed by atoms with Crippen LogP contribution in [-0.4, -0.2) is 0 Å². The van der Waals surface area contributed by atoms with Crippen molar-refractivity contribution in [3.63, 3.8) is 0 Å². The van der Waals surface area contributed by atoms with Crippen LogP contribution in [0.5, 0.6) is 0 Å². The first kappa shape index (κ1) is 11.3. The van der Waals surface area contributed by atoms with Crippen LogP contribution in [0.2, 0.25) is 0 Å². The van der Waals surface area contributed by atoms with Gasteiger partial charge in [0.1, 0.15) is 0 Å². The molecular weight excluding hydrogens is 170 g/mol. The van der Waals surface area contributed by atoms with E-state index in [-0.39, 0.29) is 11.5 Å². The minimum atomic E-state index is 0.129. The standard InChI is InChI=1S/C13H21N/c1-9-8-11(13(3,4)5)6-7-12(9)10(2)14/h6-8,10H,14H2,1-5H3. The Morgan fingerprint density at radius 1 is 1.21 bits per heavy atom. The van der Waals surface area contributed by atoms with Crippen molar-refractivity contribution in [2.45, 2.75) is 46.1 Å². The molecular formula is C13H21N. The predicted molar refractivity (Wildman–Crippen MR) is 62.5 cm³/mol. The fourth-order valence-electron chi connectivity index (χ4n) is 1.65. The molecule has 1 rings (SSSR count). The van der Waals surface area contributed by atoms with E-state index in [0.29, 0.717) is 0 Å². The Labute approximate surface area is 87.3 Å². The fourth-order valence-corrected chi connectivity index (χ4v) is 1.65. The maximum Gasteiger partial charge on any atom is 0.0268 e. The molecule has 0 amide bonds. The molecule has 0 aliphatic carbocycles. The lowest BCUT2D eigenvalue weighted by Crippen LogP contribution is -2.13. The van der Waals surface area contributed by atoms with Crippen LogP contribution < -0.4 is 5.73 Å². The molecule has 1 unspecified atom stereocenters. The van der Waals surface area contributed by atoms with E-state index in [1.165, 1.54) is 16.7 Å². The molecule has 1 heteroatoms. The van der Waals surface area contributed by atoms with E-state index in [0.717, 1.165) is 0 Å². The Morgan fingerprint density at radius 3 is 2.14 bits per heavy atom. The van der Waals surface area contributed by atoms with Crippen LogP contribution >= 0.6 is 0 Å². The first-order valence-corrected chi connectivity index (χ1v) is 5.19. The van der Waals surface area contributed by atoms with Crippen molar-refractivity contribution in [1.82, 2.24) is 0 Å². The Kier molecular flexibility index (Phi) is 3.01. The first-order chi connectivity index (χ1) is 6.32. The zero-order valence-electron chi connectivity index (χ0n) is 9.89. The Bertz CT molecular complexity index is 318. The summed E-state index contributed by atoms with van der Waals surface area (Å²) in [6.07, 6.45) is 0. The van der Waals surface area contributed by atoms with E-state index in [9.17, 15) is 0 Å². The third-order valence-electron chi connectivity index (χ3n) is 2.63. The van der Waals surface area contributed by atoms with Gasteiger partial charge >= 0.3 is 0 Å². The van der Waals surface area contributed by atoms with Gasteiger partial charge < -0.3 is 5.73 Å². The molecule has 0 spiro atoms. The highest BCUT2D eigenvalue weighted by atomic mass is 14.6. The summed E-state index contributed by atoms with van der Waals surface area (Å²) in [5.41, 5.74) is 10.0. The van der Waals surface area contributed by atoms with Gasteiger partial charge in [-0.15, -0.1) is 0 Å². The van der Waals surface area contributed by atoms with Crippen molar-refractivity contribution >= 4 is 0 Å². The third-order valence-corrected chi connectivity index (χ3v) is 2.63. The second kappa shape index (κ2) is 3.74. The van der Waals surface area contributed by atoms with Crippen molar-refractivity contribution < 1.29 is 0 Å². The van der Waals surface area contributed by atoms with Crippen molar-refractivity contribution in [3.05, 3.63) is 34.9 Å². The highest BCUT2D eigenvalue weighted by Crippen LogP contribution is 2.25. The number of hydrogen-bond donors (Lipinski definition) is 1. The third kappa shape index (κ3) is 2.36. The summed E-state index contributed by atoms with van der Waals surface area (Å²) in [4.78, 5) is 0. The first-order valence-electron chi connectivity index (χ1n) is 5.19. The Balaban J connectivity index is 3.13. The lowest BCUT2D eigenvalue weighted by molar-refractivity contribution is 0.589. The van der Waals surface area contributed by atoms with E-state index >= 15 is 0 Å². The van der Waals surface area contributed by atoms with E-state index in [2.05, 4.69) is 45.9 Å². The Morgan fingerprint density at radius 2 is 1.79 bits per heavy atom. The molecule has 14 heavy (non-hydrogen) atoms. The molecule has 2 N–H and O–H groups in total. The molecule has 0 saturated carbocycles. The van der Waals surface area contributed by atoms with Gasteiger partial charge in [-0.3, -0.25) is 0 Å². The molecule has 0 bridgehead atoms. The minimum Gasteiger partial charge on any atom is -0.324 e. The molecule has 0 aliphatic heterocycles. The van der Waals surface area contributed by atoms with Crippen LogP contribution in [0.25, 0.3) is 0 Å². The SMILES string of the molecule is Cc1cc(C(C)(C)C)ccc1C(C)N. The molecule has 1 aromatic rings. The van der Waals surface area contributed by atoms with E-state index in [1.807, 2.05) is 6.92 Å². The van der Waals surface area contributed by atoms with E-state index in [4.69, 9.17) is 5.73 Å². The van der Waals surface area contributed by atoms with Gasteiger partial charge in [-0.2, -0.15) is 0 Å². The van der Waals surface area contributed by atoms with Crippen LogP contribution in [0.15, 0.2) is 18.2 Å². The minimum absolute atomic E-state index is 0.129. The van der Waals surface area contributed by atoms with Crippen LogP contribution in [0, 0.1) is 6.92 Å². The normalized spacial score (nSPS) is 14.1. The van der Waals surface area contributed by atoms with Crippen LogP contribution in [-0.2, 0) is 5.41 Å².